The highest BCUT2D eigenvalue weighted by Gasteiger charge is 2.10. The first-order valence-electron chi connectivity index (χ1n) is 6.38. The molecule has 0 fully saturated rings. The first-order valence-corrected chi connectivity index (χ1v) is 7.99. The highest BCUT2D eigenvalue weighted by Crippen LogP contribution is 2.23. The maximum absolute atomic E-state index is 12.1. The quantitative estimate of drug-likeness (QED) is 0.837. The largest absolute Gasteiger partial charge is 0.496 e. The van der Waals surface area contributed by atoms with Crippen LogP contribution in [0.1, 0.15) is 5.56 Å². The van der Waals surface area contributed by atoms with Gasteiger partial charge in [-0.05, 0) is 48.7 Å². The van der Waals surface area contributed by atoms with E-state index in [1.807, 2.05) is 30.5 Å². The van der Waals surface area contributed by atoms with Crippen LogP contribution in [0, 0.1) is 0 Å². The average molecular weight is 322 g/mol. The Morgan fingerprint density at radius 1 is 1.24 bits per heavy atom. The van der Waals surface area contributed by atoms with Gasteiger partial charge in [0.15, 0.2) is 0 Å². The van der Waals surface area contributed by atoms with Gasteiger partial charge in [0.25, 0.3) is 0 Å². The molecule has 0 bridgehead atoms. The molecule has 0 atom stereocenters. The summed E-state index contributed by atoms with van der Waals surface area (Å²) in [7, 11) is 1.58. The molecule has 3 nitrogen and oxygen atoms in total. The molecule has 0 saturated carbocycles. The zero-order valence-corrected chi connectivity index (χ0v) is 13.4. The summed E-state index contributed by atoms with van der Waals surface area (Å²) >= 11 is 7.62. The van der Waals surface area contributed by atoms with Crippen LogP contribution in [0.15, 0.2) is 47.4 Å². The molecule has 1 amide bonds. The summed E-state index contributed by atoms with van der Waals surface area (Å²) in [6.07, 6.45) is 2.23. The molecule has 0 radical (unpaired) electrons. The minimum absolute atomic E-state index is 0.104. The summed E-state index contributed by atoms with van der Waals surface area (Å²) < 4.78 is 5.24. The SMILES string of the molecule is COc1ccc(Cl)cc1CC(=O)Nc1ccc(SC)cc1. The average Bonchev–Trinajstić information content (AvgIpc) is 2.48. The van der Waals surface area contributed by atoms with E-state index in [0.29, 0.717) is 10.8 Å². The van der Waals surface area contributed by atoms with Crippen LogP contribution in [-0.4, -0.2) is 19.3 Å². The number of amides is 1. The Bertz CT molecular complexity index is 629. The summed E-state index contributed by atoms with van der Waals surface area (Å²) in [4.78, 5) is 13.3. The second-order valence-electron chi connectivity index (χ2n) is 4.41. The van der Waals surface area contributed by atoms with E-state index in [2.05, 4.69) is 5.32 Å². The number of ether oxygens (including phenoxy) is 1. The molecular weight excluding hydrogens is 306 g/mol. The monoisotopic (exact) mass is 321 g/mol. The van der Waals surface area contributed by atoms with E-state index in [4.69, 9.17) is 16.3 Å². The van der Waals surface area contributed by atoms with E-state index in [1.165, 1.54) is 0 Å². The zero-order valence-electron chi connectivity index (χ0n) is 11.9. The molecule has 2 aromatic carbocycles. The number of halogens is 1. The molecule has 110 valence electrons. The molecule has 5 heteroatoms. The van der Waals surface area contributed by atoms with E-state index in [9.17, 15) is 4.79 Å². The van der Waals surface area contributed by atoms with Gasteiger partial charge in [-0.1, -0.05) is 11.6 Å². The Morgan fingerprint density at radius 3 is 2.57 bits per heavy atom. The van der Waals surface area contributed by atoms with Crippen molar-refractivity contribution in [3.8, 4) is 5.75 Å². The van der Waals surface area contributed by atoms with Crippen LogP contribution >= 0.6 is 23.4 Å². The summed E-state index contributed by atoms with van der Waals surface area (Å²) in [5.41, 5.74) is 1.54. The highest BCUT2D eigenvalue weighted by atomic mass is 35.5. The fourth-order valence-electron chi connectivity index (χ4n) is 1.94. The molecule has 0 heterocycles. The van der Waals surface area contributed by atoms with E-state index in [1.54, 1.807) is 37.1 Å². The summed E-state index contributed by atoms with van der Waals surface area (Å²) in [5.74, 6) is 0.555. The number of carbonyl (C=O) groups is 1. The van der Waals surface area contributed by atoms with Crippen molar-refractivity contribution in [1.29, 1.82) is 0 Å². The molecule has 1 N–H and O–H groups in total. The fraction of sp³-hybridized carbons (Fsp3) is 0.188. The number of nitrogens with one attached hydrogen (secondary N) is 1. The molecule has 0 spiro atoms. The van der Waals surface area contributed by atoms with Gasteiger partial charge < -0.3 is 10.1 Å². The van der Waals surface area contributed by atoms with Gasteiger partial charge in [-0.2, -0.15) is 0 Å². The maximum atomic E-state index is 12.1. The van der Waals surface area contributed by atoms with Crippen molar-refractivity contribution in [3.63, 3.8) is 0 Å². The lowest BCUT2D eigenvalue weighted by molar-refractivity contribution is -0.115. The number of methoxy groups -OCH3 is 1. The van der Waals surface area contributed by atoms with Crippen molar-refractivity contribution in [2.24, 2.45) is 0 Å². The van der Waals surface area contributed by atoms with Crippen molar-refractivity contribution >= 4 is 35.0 Å². The summed E-state index contributed by atoms with van der Waals surface area (Å²) in [6.45, 7) is 0. The molecular formula is C16H16ClNO2S. The lowest BCUT2D eigenvalue weighted by Crippen LogP contribution is -2.14. The predicted molar refractivity (Wildman–Crippen MR) is 88.6 cm³/mol. The Balaban J connectivity index is 2.05. The molecule has 21 heavy (non-hydrogen) atoms. The number of thioether (sulfide) groups is 1. The topological polar surface area (TPSA) is 38.3 Å². The number of hydrogen-bond donors (Lipinski definition) is 1. The molecule has 2 rings (SSSR count). The number of anilines is 1. The van der Waals surface area contributed by atoms with E-state index in [0.717, 1.165) is 16.1 Å². The van der Waals surface area contributed by atoms with Gasteiger partial charge in [0.2, 0.25) is 5.91 Å². The molecule has 0 aliphatic heterocycles. The van der Waals surface area contributed by atoms with Crippen molar-refractivity contribution in [2.75, 3.05) is 18.7 Å². The van der Waals surface area contributed by atoms with Crippen LogP contribution in [0.3, 0.4) is 0 Å². The first-order chi connectivity index (χ1) is 10.1. The van der Waals surface area contributed by atoms with E-state index >= 15 is 0 Å². The molecule has 0 unspecified atom stereocenters. The number of hydrogen-bond acceptors (Lipinski definition) is 3. The Kier molecular flexibility index (Phi) is 5.53. The van der Waals surface area contributed by atoms with Gasteiger partial charge in [0, 0.05) is 21.2 Å². The molecule has 0 saturated heterocycles. The standard InChI is InChI=1S/C16H16ClNO2S/c1-20-15-8-3-12(17)9-11(15)10-16(19)18-13-4-6-14(21-2)7-5-13/h3-9H,10H2,1-2H3,(H,18,19). The minimum Gasteiger partial charge on any atom is -0.496 e. The maximum Gasteiger partial charge on any atom is 0.228 e. The summed E-state index contributed by atoms with van der Waals surface area (Å²) in [5, 5.41) is 3.45. The van der Waals surface area contributed by atoms with Crippen molar-refractivity contribution < 1.29 is 9.53 Å². The van der Waals surface area contributed by atoms with E-state index < -0.39 is 0 Å². The van der Waals surface area contributed by atoms with Gasteiger partial charge in [-0.25, -0.2) is 0 Å². The first kappa shape index (κ1) is 15.7. The van der Waals surface area contributed by atoms with Crippen LogP contribution in [0.4, 0.5) is 5.69 Å². The highest BCUT2D eigenvalue weighted by molar-refractivity contribution is 7.98. The van der Waals surface area contributed by atoms with Crippen molar-refractivity contribution in [3.05, 3.63) is 53.1 Å². The summed E-state index contributed by atoms with van der Waals surface area (Å²) in [6, 6.07) is 13.0. The third-order valence-electron chi connectivity index (χ3n) is 2.97. The normalized spacial score (nSPS) is 10.2. The van der Waals surface area contributed by atoms with Gasteiger partial charge >= 0.3 is 0 Å². The fourth-order valence-corrected chi connectivity index (χ4v) is 2.54. The molecule has 2 aromatic rings. The Hall–Kier alpha value is -1.65. The Labute approximate surface area is 133 Å². The number of carbonyl (C=O) groups excluding carboxylic acids is 1. The molecule has 0 aliphatic carbocycles. The van der Waals surface area contributed by atoms with Crippen LogP contribution in [0.25, 0.3) is 0 Å². The lowest BCUT2D eigenvalue weighted by Gasteiger charge is -2.10. The van der Waals surface area contributed by atoms with E-state index in [-0.39, 0.29) is 12.3 Å². The number of benzene rings is 2. The van der Waals surface area contributed by atoms with Gasteiger partial charge in [0.05, 0.1) is 13.5 Å². The van der Waals surface area contributed by atoms with Gasteiger partial charge in [0.1, 0.15) is 5.75 Å². The predicted octanol–water partition coefficient (Wildman–Crippen LogP) is 4.25. The second kappa shape index (κ2) is 7.38. The lowest BCUT2D eigenvalue weighted by atomic mass is 10.1. The van der Waals surface area contributed by atoms with Crippen LogP contribution < -0.4 is 10.1 Å². The van der Waals surface area contributed by atoms with Crippen LogP contribution in [0.2, 0.25) is 5.02 Å². The zero-order chi connectivity index (χ0) is 15.2. The van der Waals surface area contributed by atoms with Crippen molar-refractivity contribution in [2.45, 2.75) is 11.3 Å². The van der Waals surface area contributed by atoms with Gasteiger partial charge in [-0.3, -0.25) is 4.79 Å². The third kappa shape index (κ3) is 4.41. The molecule has 0 aromatic heterocycles. The Morgan fingerprint density at radius 2 is 1.95 bits per heavy atom. The smallest absolute Gasteiger partial charge is 0.228 e. The van der Waals surface area contributed by atoms with Crippen LogP contribution in [-0.2, 0) is 11.2 Å². The second-order valence-corrected chi connectivity index (χ2v) is 5.73. The molecule has 0 aliphatic rings. The van der Waals surface area contributed by atoms with Gasteiger partial charge in [-0.15, -0.1) is 11.8 Å². The number of rotatable bonds is 5. The van der Waals surface area contributed by atoms with Crippen molar-refractivity contribution in [1.82, 2.24) is 0 Å². The minimum atomic E-state index is -0.104. The van der Waals surface area contributed by atoms with Crippen LogP contribution in [0.5, 0.6) is 5.75 Å². The third-order valence-corrected chi connectivity index (χ3v) is 3.95.